The van der Waals surface area contributed by atoms with Crippen LogP contribution < -0.4 is 10.8 Å². The molecule has 29 heavy (non-hydrogen) atoms. The Morgan fingerprint density at radius 1 is 0.828 bits per heavy atom. The molecule has 0 saturated heterocycles. The van der Waals surface area contributed by atoms with Gasteiger partial charge in [-0.25, -0.2) is 5.48 Å². The minimum atomic E-state index is -0.940. The van der Waals surface area contributed by atoms with Crippen LogP contribution in [0.3, 0.4) is 0 Å². The van der Waals surface area contributed by atoms with Crippen LogP contribution in [0, 0.1) is 0 Å². The van der Waals surface area contributed by atoms with E-state index in [9.17, 15) is 9.59 Å². The molecule has 0 fully saturated rings. The summed E-state index contributed by atoms with van der Waals surface area (Å²) in [4.78, 5) is 30.5. The summed E-state index contributed by atoms with van der Waals surface area (Å²) < 4.78 is 0. The number of benzene rings is 3. The monoisotopic (exact) mass is 428 g/mol. The quantitative estimate of drug-likeness (QED) is 0.525. The number of hydrogen-bond donors (Lipinski definition) is 2. The van der Waals surface area contributed by atoms with Crippen LogP contribution in [0.5, 0.6) is 0 Å². The number of anilines is 1. The summed E-state index contributed by atoms with van der Waals surface area (Å²) in [5.74, 6) is -0.869. The summed E-state index contributed by atoms with van der Waals surface area (Å²) in [6, 6.07) is 22.5. The molecular formula is C22H18Cl2N2O3. The van der Waals surface area contributed by atoms with Crippen LogP contribution in [-0.4, -0.2) is 17.9 Å². The third kappa shape index (κ3) is 6.32. The highest BCUT2D eigenvalue weighted by Gasteiger charge is 2.22. The first-order chi connectivity index (χ1) is 14.0. The highest BCUT2D eigenvalue weighted by atomic mass is 35.5. The molecule has 2 amide bonds. The number of halogens is 2. The lowest BCUT2D eigenvalue weighted by molar-refractivity contribution is -0.130. The summed E-state index contributed by atoms with van der Waals surface area (Å²) in [7, 11) is 0. The predicted octanol–water partition coefficient (Wildman–Crippen LogP) is 4.90. The van der Waals surface area contributed by atoms with Crippen molar-refractivity contribution in [3.63, 3.8) is 0 Å². The molecule has 3 aromatic rings. The Morgan fingerprint density at radius 2 is 1.41 bits per heavy atom. The van der Waals surface area contributed by atoms with Crippen molar-refractivity contribution in [1.82, 2.24) is 5.48 Å². The van der Waals surface area contributed by atoms with Crippen LogP contribution in [0.2, 0.25) is 10.0 Å². The van der Waals surface area contributed by atoms with Crippen molar-refractivity contribution in [3.8, 4) is 0 Å². The normalized spacial score (nSPS) is 11.5. The molecule has 0 unspecified atom stereocenters. The second-order valence-corrected chi connectivity index (χ2v) is 7.10. The van der Waals surface area contributed by atoms with E-state index in [0.717, 1.165) is 5.56 Å². The lowest BCUT2D eigenvalue weighted by Gasteiger charge is -2.18. The van der Waals surface area contributed by atoms with Crippen molar-refractivity contribution >= 4 is 40.7 Å². The number of rotatable bonds is 7. The number of carbonyl (C=O) groups is 2. The maximum atomic E-state index is 12.8. The third-order valence-electron chi connectivity index (χ3n) is 4.07. The highest BCUT2D eigenvalue weighted by Crippen LogP contribution is 2.15. The molecule has 148 valence electrons. The molecule has 7 heteroatoms. The molecule has 3 aromatic carbocycles. The molecule has 0 aliphatic rings. The average Bonchev–Trinajstić information content (AvgIpc) is 2.73. The molecule has 0 aliphatic heterocycles. The second-order valence-electron chi connectivity index (χ2n) is 6.23. The van der Waals surface area contributed by atoms with Gasteiger partial charge >= 0.3 is 0 Å². The Hall–Kier alpha value is -2.86. The molecule has 0 spiro atoms. The Kier molecular flexibility index (Phi) is 7.25. The van der Waals surface area contributed by atoms with Gasteiger partial charge in [0.25, 0.3) is 11.8 Å². The molecular weight excluding hydrogens is 411 g/mol. The third-order valence-corrected chi connectivity index (χ3v) is 4.57. The summed E-state index contributed by atoms with van der Waals surface area (Å²) in [6.45, 7) is 0. The first-order valence-electron chi connectivity index (χ1n) is 8.83. The SMILES string of the molecule is O=C(NO[C@H](Cc1ccccc1)C(=O)Nc1ccc(Cl)cc1)c1ccc(Cl)cc1. The van der Waals surface area contributed by atoms with Gasteiger partial charge in [0, 0.05) is 27.7 Å². The van der Waals surface area contributed by atoms with Crippen molar-refractivity contribution in [2.24, 2.45) is 0 Å². The van der Waals surface area contributed by atoms with Crippen molar-refractivity contribution < 1.29 is 14.4 Å². The van der Waals surface area contributed by atoms with Gasteiger partial charge in [-0.3, -0.25) is 14.4 Å². The molecule has 0 radical (unpaired) electrons. The number of carbonyl (C=O) groups excluding carboxylic acids is 2. The first kappa shape index (κ1) is 20.9. The zero-order valence-electron chi connectivity index (χ0n) is 15.3. The Bertz CT molecular complexity index is 962. The molecule has 2 N–H and O–H groups in total. The van der Waals surface area contributed by atoms with Gasteiger partial charge in [-0.1, -0.05) is 53.5 Å². The van der Waals surface area contributed by atoms with E-state index in [1.807, 2.05) is 30.3 Å². The lowest BCUT2D eigenvalue weighted by Crippen LogP contribution is -2.39. The molecule has 0 bridgehead atoms. The predicted molar refractivity (Wildman–Crippen MR) is 114 cm³/mol. The molecule has 5 nitrogen and oxygen atoms in total. The molecule has 0 heterocycles. The summed E-state index contributed by atoms with van der Waals surface area (Å²) in [6.07, 6.45) is -0.662. The topological polar surface area (TPSA) is 67.4 Å². The number of amides is 2. The van der Waals surface area contributed by atoms with E-state index in [0.29, 0.717) is 21.3 Å². The van der Waals surface area contributed by atoms with E-state index in [1.165, 1.54) is 0 Å². The molecule has 0 aromatic heterocycles. The Labute approximate surface area is 178 Å². The smallest absolute Gasteiger partial charge is 0.274 e. The molecule has 0 aliphatic carbocycles. The van der Waals surface area contributed by atoms with Gasteiger partial charge in [0.1, 0.15) is 0 Å². The zero-order chi connectivity index (χ0) is 20.6. The molecule has 3 rings (SSSR count). The Morgan fingerprint density at radius 3 is 2.03 bits per heavy atom. The van der Waals surface area contributed by atoms with Gasteiger partial charge < -0.3 is 5.32 Å². The summed E-state index contributed by atoms with van der Waals surface area (Å²) in [5, 5.41) is 3.85. The molecule has 1 atom stereocenters. The number of hydrogen-bond acceptors (Lipinski definition) is 3. The fraction of sp³-hybridized carbons (Fsp3) is 0.0909. The zero-order valence-corrected chi connectivity index (χ0v) is 16.8. The largest absolute Gasteiger partial charge is 0.324 e. The summed E-state index contributed by atoms with van der Waals surface area (Å²) >= 11 is 11.7. The van der Waals surface area contributed by atoms with Gasteiger partial charge in [-0.2, -0.15) is 0 Å². The maximum absolute atomic E-state index is 12.8. The van der Waals surface area contributed by atoms with Crippen LogP contribution in [0.25, 0.3) is 0 Å². The number of nitrogens with one attached hydrogen (secondary N) is 2. The van der Waals surface area contributed by atoms with Gasteiger partial charge in [0.05, 0.1) is 0 Å². The van der Waals surface area contributed by atoms with Crippen molar-refractivity contribution in [2.75, 3.05) is 5.32 Å². The van der Waals surface area contributed by atoms with E-state index in [2.05, 4.69) is 10.8 Å². The maximum Gasteiger partial charge on any atom is 0.274 e. The van der Waals surface area contributed by atoms with Crippen LogP contribution >= 0.6 is 23.2 Å². The van der Waals surface area contributed by atoms with E-state index in [1.54, 1.807) is 48.5 Å². The standard InChI is InChI=1S/C22H18Cl2N2O3/c23-17-8-6-16(7-9-17)21(27)26-29-20(14-15-4-2-1-3-5-15)22(28)25-19-12-10-18(24)11-13-19/h1-13,20H,14H2,(H,25,28)(H,26,27)/t20-/m1/s1. The number of hydroxylamine groups is 1. The van der Waals surface area contributed by atoms with Crippen molar-refractivity contribution in [3.05, 3.63) is 100 Å². The Balaban J connectivity index is 1.69. The van der Waals surface area contributed by atoms with Gasteiger partial charge in [0.2, 0.25) is 0 Å². The van der Waals surface area contributed by atoms with E-state index in [4.69, 9.17) is 28.0 Å². The average molecular weight is 429 g/mol. The van der Waals surface area contributed by atoms with E-state index < -0.39 is 17.9 Å². The van der Waals surface area contributed by atoms with Gasteiger partial charge in [-0.15, -0.1) is 0 Å². The van der Waals surface area contributed by atoms with Crippen LogP contribution in [0.4, 0.5) is 5.69 Å². The van der Waals surface area contributed by atoms with Gasteiger partial charge in [0.15, 0.2) is 6.10 Å². The van der Waals surface area contributed by atoms with Crippen molar-refractivity contribution in [1.29, 1.82) is 0 Å². The summed E-state index contributed by atoms with van der Waals surface area (Å²) in [5.41, 5.74) is 4.18. The lowest BCUT2D eigenvalue weighted by atomic mass is 10.1. The van der Waals surface area contributed by atoms with Crippen LogP contribution in [0.1, 0.15) is 15.9 Å². The van der Waals surface area contributed by atoms with Crippen LogP contribution in [0.15, 0.2) is 78.9 Å². The minimum absolute atomic E-state index is 0.279. The van der Waals surface area contributed by atoms with E-state index >= 15 is 0 Å². The molecule has 0 saturated carbocycles. The fourth-order valence-electron chi connectivity index (χ4n) is 2.56. The minimum Gasteiger partial charge on any atom is -0.324 e. The fourth-order valence-corrected chi connectivity index (χ4v) is 2.81. The first-order valence-corrected chi connectivity index (χ1v) is 9.59. The highest BCUT2D eigenvalue weighted by molar-refractivity contribution is 6.31. The van der Waals surface area contributed by atoms with Crippen LogP contribution in [-0.2, 0) is 16.1 Å². The van der Waals surface area contributed by atoms with Crippen molar-refractivity contribution in [2.45, 2.75) is 12.5 Å². The second kappa shape index (κ2) is 10.1. The van der Waals surface area contributed by atoms with E-state index in [-0.39, 0.29) is 6.42 Å². The van der Waals surface area contributed by atoms with Gasteiger partial charge in [-0.05, 0) is 54.1 Å².